The molecule has 0 aromatic heterocycles. The van der Waals surface area contributed by atoms with Crippen LogP contribution in [0.15, 0.2) is 12.1 Å². The Morgan fingerprint density at radius 3 is 1.38 bits per heavy atom. The predicted molar refractivity (Wildman–Crippen MR) is 34.1 cm³/mol. The van der Waals surface area contributed by atoms with Gasteiger partial charge in [-0.05, 0) is 12.1 Å². The molecule has 0 atom stereocenters. The topological polar surface area (TPSA) is 17.1 Å². The number of rotatable bonds is 0. The number of carbonyl (C=O) groups is 1. The first kappa shape index (κ1) is 11.5. The maximum atomic E-state index is 12.0. The van der Waals surface area contributed by atoms with Gasteiger partial charge in [-0.2, -0.15) is 4.39 Å². The van der Waals surface area contributed by atoms with E-state index in [0.29, 0.717) is 12.1 Å². The first-order valence-electron chi connectivity index (χ1n) is 2.87. The first-order chi connectivity index (χ1) is 6.04. The first-order valence-corrected chi connectivity index (χ1v) is 2.87. The van der Waals surface area contributed by atoms with Crippen molar-refractivity contribution in [1.29, 1.82) is 0 Å². The van der Waals surface area contributed by atoms with Crippen LogP contribution in [0.1, 0.15) is 0 Å². The summed E-state index contributed by atoms with van der Waals surface area (Å²) in [7, 11) is 0. The van der Waals surface area contributed by atoms with Crippen LogP contribution in [-0.2, 0) is 4.79 Å². The SMILES string of the molecule is Fc1ccc(F)c(F)c1F.O=CF. The fraction of sp³-hybridized carbons (Fsp3) is 0. The average Bonchev–Trinajstić information content (AvgIpc) is 2.10. The Morgan fingerprint density at radius 2 is 1.15 bits per heavy atom. The third-order valence-electron chi connectivity index (χ3n) is 0.988. The third-order valence-corrected chi connectivity index (χ3v) is 0.988. The lowest BCUT2D eigenvalue weighted by Crippen LogP contribution is -1.93. The van der Waals surface area contributed by atoms with E-state index in [1.165, 1.54) is 0 Å². The van der Waals surface area contributed by atoms with Crippen molar-refractivity contribution in [2.45, 2.75) is 0 Å². The molecule has 1 nitrogen and oxygen atoms in total. The zero-order valence-corrected chi connectivity index (χ0v) is 6.03. The molecule has 0 radical (unpaired) electrons. The van der Waals surface area contributed by atoms with Crippen molar-refractivity contribution in [2.24, 2.45) is 0 Å². The molecule has 1 rings (SSSR count). The summed E-state index contributed by atoms with van der Waals surface area (Å²) in [5.41, 5.74) is 0. The van der Waals surface area contributed by atoms with Gasteiger partial charge in [0.2, 0.25) is 0 Å². The smallest absolute Gasteiger partial charge is 0.265 e. The zero-order chi connectivity index (χ0) is 10.4. The minimum Gasteiger partial charge on any atom is -0.265 e. The molecular formula is C7H3F5O. The molecule has 0 aliphatic rings. The van der Waals surface area contributed by atoms with Crippen molar-refractivity contribution in [3.05, 3.63) is 35.4 Å². The molecule has 0 unspecified atom stereocenters. The number of halogens is 5. The van der Waals surface area contributed by atoms with Crippen molar-refractivity contribution in [3.8, 4) is 0 Å². The van der Waals surface area contributed by atoms with Gasteiger partial charge in [0.05, 0.1) is 0 Å². The Balaban J connectivity index is 0.000000424. The molecule has 6 heteroatoms. The van der Waals surface area contributed by atoms with Gasteiger partial charge in [-0.15, -0.1) is 0 Å². The standard InChI is InChI=1S/C6H2F4.CHFO/c7-3-1-2-4(8)6(10)5(3)9;2-1-3/h1-2H;1H. The van der Waals surface area contributed by atoms with Crippen LogP contribution in [0, 0.1) is 23.3 Å². The molecule has 1 aromatic carbocycles. The van der Waals surface area contributed by atoms with E-state index in [0.717, 1.165) is 0 Å². The van der Waals surface area contributed by atoms with Gasteiger partial charge < -0.3 is 0 Å². The summed E-state index contributed by atoms with van der Waals surface area (Å²) in [4.78, 5) is 8.14. The zero-order valence-electron chi connectivity index (χ0n) is 6.03. The van der Waals surface area contributed by atoms with Crippen LogP contribution in [0.3, 0.4) is 0 Å². The Kier molecular flexibility index (Phi) is 4.64. The quantitative estimate of drug-likeness (QED) is 0.205. The fourth-order valence-electron chi connectivity index (χ4n) is 0.502. The van der Waals surface area contributed by atoms with Gasteiger partial charge in [-0.3, -0.25) is 4.79 Å². The van der Waals surface area contributed by atoms with E-state index < -0.39 is 29.8 Å². The normalized spacial score (nSPS) is 8.69. The van der Waals surface area contributed by atoms with E-state index in [1.54, 1.807) is 0 Å². The predicted octanol–water partition coefficient (Wildman–Crippen LogP) is 2.39. The van der Waals surface area contributed by atoms with E-state index >= 15 is 0 Å². The van der Waals surface area contributed by atoms with Crippen LogP contribution in [-0.4, -0.2) is 6.54 Å². The summed E-state index contributed by atoms with van der Waals surface area (Å²) in [6.45, 7) is -0.750. The molecule has 0 aliphatic heterocycles. The van der Waals surface area contributed by atoms with Crippen molar-refractivity contribution in [1.82, 2.24) is 0 Å². The summed E-state index contributed by atoms with van der Waals surface area (Å²) >= 11 is 0. The average molecular weight is 198 g/mol. The minimum absolute atomic E-state index is 0.522. The Hall–Kier alpha value is -1.46. The maximum absolute atomic E-state index is 12.0. The van der Waals surface area contributed by atoms with E-state index in [2.05, 4.69) is 0 Å². The molecule has 0 saturated heterocycles. The van der Waals surface area contributed by atoms with Crippen molar-refractivity contribution >= 4 is 6.54 Å². The van der Waals surface area contributed by atoms with E-state index in [9.17, 15) is 22.0 Å². The highest BCUT2D eigenvalue weighted by Crippen LogP contribution is 2.12. The highest BCUT2D eigenvalue weighted by atomic mass is 19.2. The lowest BCUT2D eigenvalue weighted by molar-refractivity contribution is 0.409. The largest absolute Gasteiger partial charge is 0.289 e. The molecule has 72 valence electrons. The van der Waals surface area contributed by atoms with Gasteiger partial charge in [0, 0.05) is 0 Å². The highest BCUT2D eigenvalue weighted by Gasteiger charge is 2.11. The van der Waals surface area contributed by atoms with Crippen molar-refractivity contribution in [2.75, 3.05) is 0 Å². The number of hydrogen-bond donors (Lipinski definition) is 0. The van der Waals surface area contributed by atoms with Gasteiger partial charge in [0.25, 0.3) is 6.54 Å². The van der Waals surface area contributed by atoms with Crippen LogP contribution < -0.4 is 0 Å². The molecule has 0 saturated carbocycles. The highest BCUT2D eigenvalue weighted by molar-refractivity contribution is 5.35. The second-order valence-electron chi connectivity index (χ2n) is 1.75. The van der Waals surface area contributed by atoms with Gasteiger partial charge in [-0.25, -0.2) is 17.6 Å². The Bertz CT molecular complexity index is 272. The summed E-state index contributed by atoms with van der Waals surface area (Å²) < 4.78 is 57.6. The molecule has 0 heterocycles. The molecule has 1 aromatic rings. The molecule has 0 fully saturated rings. The van der Waals surface area contributed by atoms with Gasteiger partial charge >= 0.3 is 0 Å². The lowest BCUT2D eigenvalue weighted by atomic mass is 10.3. The fourth-order valence-corrected chi connectivity index (χ4v) is 0.502. The maximum Gasteiger partial charge on any atom is 0.289 e. The number of benzene rings is 1. The number of carbonyl (C=O) groups excluding carboxylic acids is 1. The molecule has 0 aliphatic carbocycles. The second-order valence-corrected chi connectivity index (χ2v) is 1.75. The summed E-state index contributed by atoms with van der Waals surface area (Å²) in [5, 5.41) is 0. The molecule has 0 bridgehead atoms. The monoisotopic (exact) mass is 198 g/mol. The van der Waals surface area contributed by atoms with Crippen molar-refractivity contribution in [3.63, 3.8) is 0 Å². The molecule has 0 N–H and O–H groups in total. The van der Waals surface area contributed by atoms with Crippen LogP contribution in [0.4, 0.5) is 22.0 Å². The Morgan fingerprint density at radius 1 is 0.923 bits per heavy atom. The van der Waals surface area contributed by atoms with Crippen LogP contribution in [0.2, 0.25) is 0 Å². The van der Waals surface area contributed by atoms with E-state index in [4.69, 9.17) is 4.79 Å². The Labute approximate surface area is 69.8 Å². The van der Waals surface area contributed by atoms with Crippen LogP contribution in [0.5, 0.6) is 0 Å². The number of hydrogen-bond acceptors (Lipinski definition) is 1. The van der Waals surface area contributed by atoms with E-state index in [1.807, 2.05) is 0 Å². The third kappa shape index (κ3) is 3.18. The molecule has 13 heavy (non-hydrogen) atoms. The molecular weight excluding hydrogens is 195 g/mol. The van der Waals surface area contributed by atoms with Crippen LogP contribution in [0.25, 0.3) is 0 Å². The van der Waals surface area contributed by atoms with Crippen LogP contribution >= 0.6 is 0 Å². The second kappa shape index (κ2) is 5.23. The van der Waals surface area contributed by atoms with Gasteiger partial charge in [0.1, 0.15) is 0 Å². The van der Waals surface area contributed by atoms with Crippen molar-refractivity contribution < 1.29 is 26.7 Å². The summed E-state index contributed by atoms with van der Waals surface area (Å²) in [6, 6.07) is 1.04. The molecule has 0 spiro atoms. The molecule has 0 amide bonds. The van der Waals surface area contributed by atoms with Gasteiger partial charge in [-0.1, -0.05) is 0 Å². The summed E-state index contributed by atoms with van der Waals surface area (Å²) in [6.07, 6.45) is 0. The summed E-state index contributed by atoms with van der Waals surface area (Å²) in [5.74, 6) is -6.34. The van der Waals surface area contributed by atoms with Gasteiger partial charge in [0.15, 0.2) is 23.3 Å². The lowest BCUT2D eigenvalue weighted by Gasteiger charge is -1.93. The minimum atomic E-state index is -1.78. The van der Waals surface area contributed by atoms with E-state index in [-0.39, 0.29) is 0 Å².